The van der Waals surface area contributed by atoms with Gasteiger partial charge in [0.05, 0.1) is 0 Å². The lowest BCUT2D eigenvalue weighted by molar-refractivity contribution is 0.537. The summed E-state index contributed by atoms with van der Waals surface area (Å²) in [6.45, 7) is 6.99. The summed E-state index contributed by atoms with van der Waals surface area (Å²) >= 11 is 0. The Labute approximate surface area is 56.1 Å². The molecule has 9 heavy (non-hydrogen) atoms. The molecule has 0 aromatic heterocycles. The van der Waals surface area contributed by atoms with Crippen molar-refractivity contribution in [2.24, 2.45) is 11.7 Å². The van der Waals surface area contributed by atoms with Crippen LogP contribution in [0.1, 0.15) is 13.3 Å². The highest BCUT2D eigenvalue weighted by Gasteiger charge is 2.22. The first-order valence-electron chi connectivity index (χ1n) is 3.39. The second kappa shape index (κ2) is 2.40. The Kier molecular flexibility index (Phi) is 1.76. The van der Waals surface area contributed by atoms with Gasteiger partial charge in [-0.3, -0.25) is 0 Å². The molecule has 1 fully saturated rings. The van der Waals surface area contributed by atoms with Gasteiger partial charge in [0.25, 0.3) is 0 Å². The third-order valence-corrected chi connectivity index (χ3v) is 1.93. The van der Waals surface area contributed by atoms with Crippen LogP contribution in [0.2, 0.25) is 0 Å². The van der Waals surface area contributed by atoms with E-state index in [1.807, 2.05) is 0 Å². The molecule has 1 rings (SSSR count). The minimum absolute atomic E-state index is 0.366. The van der Waals surface area contributed by atoms with Crippen LogP contribution in [-0.4, -0.2) is 12.6 Å². The third kappa shape index (κ3) is 1.24. The average molecular weight is 126 g/mol. The van der Waals surface area contributed by atoms with Gasteiger partial charge in [0.15, 0.2) is 0 Å². The van der Waals surface area contributed by atoms with Crippen LogP contribution in [0.5, 0.6) is 0 Å². The molecule has 1 heterocycles. The number of rotatable bonds is 1. The molecule has 0 unspecified atom stereocenters. The molecule has 0 aromatic rings. The second-order valence-electron chi connectivity index (χ2n) is 2.77. The molecular formula is C7H14N2. The van der Waals surface area contributed by atoms with Gasteiger partial charge in [0.2, 0.25) is 0 Å². The topological polar surface area (TPSA) is 38.0 Å². The fourth-order valence-corrected chi connectivity index (χ4v) is 1.33. The number of nitrogens with two attached hydrogens (primary N) is 1. The summed E-state index contributed by atoms with van der Waals surface area (Å²) in [5.74, 6) is 0.669. The Bertz CT molecular complexity index is 120. The molecule has 2 heteroatoms. The number of nitrogens with one attached hydrogen (secondary N) is 1. The molecule has 0 bridgehead atoms. The van der Waals surface area contributed by atoms with Gasteiger partial charge in [0, 0.05) is 11.7 Å². The van der Waals surface area contributed by atoms with Crippen LogP contribution in [0, 0.1) is 5.92 Å². The Morgan fingerprint density at radius 2 is 2.44 bits per heavy atom. The summed E-state index contributed by atoms with van der Waals surface area (Å²) in [6.07, 6.45) is 1.22. The molecular weight excluding hydrogens is 112 g/mol. The molecule has 2 atom stereocenters. The zero-order chi connectivity index (χ0) is 6.85. The van der Waals surface area contributed by atoms with Gasteiger partial charge in [-0.05, 0) is 18.9 Å². The van der Waals surface area contributed by atoms with Crippen molar-refractivity contribution < 1.29 is 0 Å². The number of hydrogen-bond acceptors (Lipinski definition) is 2. The van der Waals surface area contributed by atoms with Crippen LogP contribution in [0.4, 0.5) is 0 Å². The fraction of sp³-hybridized carbons (Fsp3) is 0.714. The van der Waals surface area contributed by atoms with E-state index in [0.717, 1.165) is 12.2 Å². The van der Waals surface area contributed by atoms with Crippen LogP contribution < -0.4 is 11.1 Å². The highest BCUT2D eigenvalue weighted by Crippen LogP contribution is 2.16. The standard InChI is InChI=1S/C7H14N2/c1-5-3-4-9-7(5)6(2)8/h5,7,9H,2-4,8H2,1H3/t5-,7-/m0/s1. The molecule has 52 valence electrons. The Morgan fingerprint density at radius 1 is 1.78 bits per heavy atom. The van der Waals surface area contributed by atoms with Gasteiger partial charge < -0.3 is 11.1 Å². The summed E-state index contributed by atoms with van der Waals surface area (Å²) < 4.78 is 0. The quantitative estimate of drug-likeness (QED) is 0.535. The van der Waals surface area contributed by atoms with Gasteiger partial charge >= 0.3 is 0 Å². The Morgan fingerprint density at radius 3 is 2.67 bits per heavy atom. The van der Waals surface area contributed by atoms with E-state index >= 15 is 0 Å². The molecule has 1 saturated heterocycles. The van der Waals surface area contributed by atoms with Crippen LogP contribution >= 0.6 is 0 Å². The van der Waals surface area contributed by atoms with Crippen molar-refractivity contribution in [3.05, 3.63) is 12.3 Å². The molecule has 0 aliphatic carbocycles. The lowest BCUT2D eigenvalue weighted by atomic mass is 10.0. The fourth-order valence-electron chi connectivity index (χ4n) is 1.33. The van der Waals surface area contributed by atoms with Gasteiger partial charge in [0.1, 0.15) is 0 Å². The third-order valence-electron chi connectivity index (χ3n) is 1.93. The minimum Gasteiger partial charge on any atom is -0.401 e. The van der Waals surface area contributed by atoms with Crippen molar-refractivity contribution >= 4 is 0 Å². The summed E-state index contributed by atoms with van der Waals surface area (Å²) in [5.41, 5.74) is 6.31. The van der Waals surface area contributed by atoms with Crippen molar-refractivity contribution in [2.75, 3.05) is 6.54 Å². The second-order valence-corrected chi connectivity index (χ2v) is 2.77. The van der Waals surface area contributed by atoms with Crippen LogP contribution in [0.15, 0.2) is 12.3 Å². The maximum Gasteiger partial charge on any atom is 0.0487 e. The lowest BCUT2D eigenvalue weighted by Gasteiger charge is -2.13. The van der Waals surface area contributed by atoms with Gasteiger partial charge in [-0.15, -0.1) is 0 Å². The normalized spacial score (nSPS) is 34.8. The van der Waals surface area contributed by atoms with E-state index in [-0.39, 0.29) is 0 Å². The lowest BCUT2D eigenvalue weighted by Crippen LogP contribution is -2.31. The van der Waals surface area contributed by atoms with E-state index in [1.54, 1.807) is 0 Å². The Hall–Kier alpha value is -0.500. The van der Waals surface area contributed by atoms with Crippen LogP contribution in [0.3, 0.4) is 0 Å². The van der Waals surface area contributed by atoms with E-state index in [4.69, 9.17) is 5.73 Å². The zero-order valence-corrected chi connectivity index (χ0v) is 5.85. The van der Waals surface area contributed by atoms with Gasteiger partial charge in [-0.1, -0.05) is 13.5 Å². The maximum absolute atomic E-state index is 5.53. The van der Waals surface area contributed by atoms with E-state index in [0.29, 0.717) is 12.0 Å². The van der Waals surface area contributed by atoms with Crippen molar-refractivity contribution in [2.45, 2.75) is 19.4 Å². The first kappa shape index (κ1) is 6.62. The molecule has 0 saturated carbocycles. The maximum atomic E-state index is 5.53. The first-order valence-corrected chi connectivity index (χ1v) is 3.39. The van der Waals surface area contributed by atoms with E-state index in [2.05, 4.69) is 18.8 Å². The molecule has 1 aliphatic rings. The van der Waals surface area contributed by atoms with Crippen LogP contribution in [-0.2, 0) is 0 Å². The SMILES string of the molecule is C=C(N)[C@H]1NCC[C@@H]1C. The zero-order valence-electron chi connectivity index (χ0n) is 5.85. The van der Waals surface area contributed by atoms with Gasteiger partial charge in [-0.25, -0.2) is 0 Å². The van der Waals surface area contributed by atoms with E-state index < -0.39 is 0 Å². The Balaban J connectivity index is 2.49. The largest absolute Gasteiger partial charge is 0.401 e. The monoisotopic (exact) mass is 126 g/mol. The average Bonchev–Trinajstić information content (AvgIpc) is 2.13. The van der Waals surface area contributed by atoms with Crippen molar-refractivity contribution in [1.29, 1.82) is 0 Å². The van der Waals surface area contributed by atoms with Crippen molar-refractivity contribution in [1.82, 2.24) is 5.32 Å². The van der Waals surface area contributed by atoms with Crippen molar-refractivity contribution in [3.63, 3.8) is 0 Å². The van der Waals surface area contributed by atoms with E-state index in [1.165, 1.54) is 6.42 Å². The summed E-state index contributed by atoms with van der Waals surface area (Å²) in [7, 11) is 0. The smallest absolute Gasteiger partial charge is 0.0487 e. The molecule has 2 nitrogen and oxygen atoms in total. The minimum atomic E-state index is 0.366. The molecule has 0 radical (unpaired) electrons. The van der Waals surface area contributed by atoms with Crippen LogP contribution in [0.25, 0.3) is 0 Å². The van der Waals surface area contributed by atoms with Crippen molar-refractivity contribution in [3.8, 4) is 0 Å². The molecule has 3 N–H and O–H groups in total. The summed E-state index contributed by atoms with van der Waals surface area (Å²) in [6, 6.07) is 0.366. The summed E-state index contributed by atoms with van der Waals surface area (Å²) in [5, 5.41) is 3.28. The molecule has 0 aromatic carbocycles. The predicted molar refractivity (Wildman–Crippen MR) is 38.9 cm³/mol. The molecule has 1 aliphatic heterocycles. The van der Waals surface area contributed by atoms with E-state index in [9.17, 15) is 0 Å². The highest BCUT2D eigenvalue weighted by atomic mass is 15.0. The first-order chi connectivity index (χ1) is 4.22. The molecule has 0 amide bonds. The number of hydrogen-bond donors (Lipinski definition) is 2. The summed E-state index contributed by atoms with van der Waals surface area (Å²) in [4.78, 5) is 0. The van der Waals surface area contributed by atoms with Gasteiger partial charge in [-0.2, -0.15) is 0 Å². The molecule has 0 spiro atoms. The predicted octanol–water partition coefficient (Wildman–Crippen LogP) is 0.457. The highest BCUT2D eigenvalue weighted by molar-refractivity contribution is 5.04.